The number of guanidine groups is 3. The number of hydrogen-bond acceptors (Lipinski definition) is 12. The Labute approximate surface area is 622 Å². The van der Waals surface area contributed by atoms with E-state index in [4.69, 9.17) is 85.4 Å². The first-order chi connectivity index (χ1) is 50.1. The van der Waals surface area contributed by atoms with Gasteiger partial charge in [0.05, 0.1) is 63.9 Å². The van der Waals surface area contributed by atoms with Crippen LogP contribution in [0.3, 0.4) is 0 Å². The molecular weight excluding hydrogens is 1430 g/mol. The monoisotopic (exact) mass is 1500 g/mol. The molecule has 4 atom stereocenters. The number of halogens is 4. The minimum Gasteiger partial charge on any atom is -0.384 e. The van der Waals surface area contributed by atoms with Crippen molar-refractivity contribution < 1.29 is 16.8 Å². The second-order valence-electron chi connectivity index (χ2n) is 23.8. The molecule has 524 valence electrons. The number of nitrogens with two attached hydrogens (primary N) is 4. The fourth-order valence-electron chi connectivity index (χ4n) is 11.6. The highest BCUT2D eigenvalue weighted by Gasteiger charge is 2.35. The summed E-state index contributed by atoms with van der Waals surface area (Å²) in [5.41, 5.74) is 38.8. The molecule has 0 bridgehead atoms. The number of nitriles is 1. The Kier molecular flexibility index (Phi) is 23.8. The second-order valence-corrected chi connectivity index (χ2v) is 28.7. The summed E-state index contributed by atoms with van der Waals surface area (Å²) in [5, 5.41) is 49.0. The first-order valence-corrected chi connectivity index (χ1v) is 36.6. The zero-order valence-electron chi connectivity index (χ0n) is 55.3. The van der Waals surface area contributed by atoms with E-state index in [1.54, 1.807) is 24.3 Å². The molecule has 11 N–H and O–H groups in total. The molecule has 21 nitrogen and oxygen atoms in total. The maximum Gasteiger partial charge on any atom is 0.285 e. The second kappa shape index (κ2) is 33.5. The number of rotatable bonds is 13. The number of amidine groups is 1. The zero-order valence-corrected chi connectivity index (χ0v) is 59.9. The van der Waals surface area contributed by atoms with E-state index in [0.717, 1.165) is 73.4 Å². The van der Waals surface area contributed by atoms with Crippen molar-refractivity contribution in [2.24, 2.45) is 52.1 Å². The SMILES string of the molecule is Clc1ccc(C2=NNCC2c2ccccc2)cc1.N#Cc1ccc(S(=O)(=O)N=C(N)N2CC(c3ccccc3)C(c3ccc(Cl)cc3)=N2)cc1.N=C(N)N1CC(c2ccccc2)C(c2ccc(Cl)cc2)=N1.N=C(N)c1ccc(S(=O)(=O)N=C(N)N2CC(c3ccccc3)C(c3ccc(Cl)cc3)=N2)cc1. The average molecular weight is 1500 g/mol. The van der Waals surface area contributed by atoms with Gasteiger partial charge >= 0.3 is 0 Å². The number of nitrogens with one attached hydrogen (secondary N) is 3. The molecule has 0 saturated heterocycles. The van der Waals surface area contributed by atoms with Crippen LogP contribution >= 0.6 is 46.4 Å². The van der Waals surface area contributed by atoms with Gasteiger partial charge in [-0.25, -0.2) is 15.0 Å². The van der Waals surface area contributed by atoms with Gasteiger partial charge in [-0.15, -0.1) is 8.80 Å². The van der Waals surface area contributed by atoms with Crippen LogP contribution in [0.5, 0.6) is 0 Å². The van der Waals surface area contributed by atoms with Gasteiger partial charge in [-0.05, 0) is 142 Å². The van der Waals surface area contributed by atoms with Crippen molar-refractivity contribution in [2.75, 3.05) is 26.2 Å². The summed E-state index contributed by atoms with van der Waals surface area (Å²) in [5.74, 6) is -0.546. The summed E-state index contributed by atoms with van der Waals surface area (Å²) in [4.78, 5) is -0.115. The quantitative estimate of drug-likeness (QED) is 0.0417. The van der Waals surface area contributed by atoms with E-state index < -0.39 is 20.0 Å². The largest absolute Gasteiger partial charge is 0.384 e. The first-order valence-electron chi connectivity index (χ1n) is 32.2. The lowest BCUT2D eigenvalue weighted by atomic mass is 9.91. The molecule has 10 aromatic carbocycles. The third-order valence-electron chi connectivity index (χ3n) is 16.9. The van der Waals surface area contributed by atoms with Crippen LogP contribution in [-0.2, 0) is 20.0 Å². The molecule has 0 aromatic heterocycles. The van der Waals surface area contributed by atoms with Gasteiger partial charge in [0, 0.05) is 55.9 Å². The van der Waals surface area contributed by atoms with Crippen LogP contribution < -0.4 is 28.4 Å². The topological polar surface area (TPSA) is 340 Å². The molecular formula is C77H67Cl4N17O4S2. The van der Waals surface area contributed by atoms with Crippen molar-refractivity contribution in [3.05, 3.63) is 343 Å². The van der Waals surface area contributed by atoms with Gasteiger partial charge in [0.15, 0.2) is 0 Å². The lowest BCUT2D eigenvalue weighted by molar-refractivity contribution is 0.466. The molecule has 27 heteroatoms. The molecule has 0 radical (unpaired) electrons. The average Bonchev–Trinajstić information content (AvgIpc) is 1.65. The predicted octanol–water partition coefficient (Wildman–Crippen LogP) is 13.3. The van der Waals surface area contributed by atoms with E-state index >= 15 is 0 Å². The van der Waals surface area contributed by atoms with Crippen molar-refractivity contribution in [3.8, 4) is 6.07 Å². The Morgan fingerprint density at radius 2 is 0.712 bits per heavy atom. The standard InChI is InChI=1S/C23H21ClN6O2S.C23H18ClN5O2S.C16H15ClN4.C15H13ClN2/c24-18-10-6-16(7-11-18)21-20(15-4-2-1-3-5-15)14-30(28-21)23(27)29-33(31,32)19-12-8-17(9-13-19)22(25)26;24-19-10-8-18(9-11-19)22-21(17-4-2-1-3-5-17)15-29(27-22)23(26)28-32(30,31)20-12-6-16(14-25)7-13-20;17-13-8-6-12(7-9-13)15-14(10-21(20-15)16(18)19)11-4-2-1-3-5-11;16-13-8-6-12(7-9-13)15-14(10-17-18-15)11-4-2-1-3-5-11/h1-13,20H,14H2,(H3,25,26)(H2,27,29);1-13,21H,15H2,(H2,26,28);1-9,14H,10H2,(H3,18,19);1-9,14,17H,10H2. The van der Waals surface area contributed by atoms with Crippen LogP contribution in [0.1, 0.15) is 79.3 Å². The third-order valence-corrected chi connectivity index (χ3v) is 20.5. The van der Waals surface area contributed by atoms with E-state index in [1.165, 1.54) is 69.1 Å². The smallest absolute Gasteiger partial charge is 0.285 e. The van der Waals surface area contributed by atoms with Gasteiger partial charge < -0.3 is 28.4 Å². The molecule has 10 aromatic rings. The number of hydrogen-bond donors (Lipinski definition) is 7. The molecule has 4 aliphatic heterocycles. The fourth-order valence-corrected chi connectivity index (χ4v) is 14.0. The Morgan fingerprint density at radius 3 is 1.03 bits per heavy atom. The van der Waals surface area contributed by atoms with Crippen LogP contribution in [-0.4, -0.2) is 105 Å². The Morgan fingerprint density at radius 1 is 0.413 bits per heavy atom. The van der Waals surface area contributed by atoms with Crippen molar-refractivity contribution in [3.63, 3.8) is 0 Å². The summed E-state index contributed by atoms with van der Waals surface area (Å²) in [6, 6.07) is 83.1. The number of nitrogen functional groups attached to an aromatic ring is 1. The molecule has 0 saturated carbocycles. The number of hydrazone groups is 4. The summed E-state index contributed by atoms with van der Waals surface area (Å²) in [6.45, 7) is 2.09. The summed E-state index contributed by atoms with van der Waals surface area (Å²) in [7, 11) is -8.15. The highest BCUT2D eigenvalue weighted by Crippen LogP contribution is 2.34. The van der Waals surface area contributed by atoms with Crippen LogP contribution in [0.25, 0.3) is 0 Å². The third kappa shape index (κ3) is 18.4. The van der Waals surface area contributed by atoms with Crippen molar-refractivity contribution >= 4 is 113 Å². The van der Waals surface area contributed by atoms with Gasteiger partial charge in [0.1, 0.15) is 5.84 Å². The highest BCUT2D eigenvalue weighted by molar-refractivity contribution is 7.90. The number of nitrogens with zero attached hydrogens (tertiary/aromatic N) is 10. The molecule has 4 unspecified atom stereocenters. The van der Waals surface area contributed by atoms with E-state index in [-0.39, 0.29) is 51.3 Å². The Bertz CT molecular complexity index is 5180. The maximum absolute atomic E-state index is 12.8. The predicted molar refractivity (Wildman–Crippen MR) is 415 cm³/mol. The first kappa shape index (κ1) is 73.7. The van der Waals surface area contributed by atoms with Crippen LogP contribution in [0.2, 0.25) is 20.1 Å². The molecule has 0 amide bonds. The lowest BCUT2D eigenvalue weighted by Crippen LogP contribution is -2.33. The molecule has 0 fully saturated rings. The number of benzene rings is 10. The molecule has 104 heavy (non-hydrogen) atoms. The van der Waals surface area contributed by atoms with Gasteiger partial charge in [-0.3, -0.25) is 10.8 Å². The molecule has 14 rings (SSSR count). The van der Waals surface area contributed by atoms with Crippen molar-refractivity contribution in [2.45, 2.75) is 33.5 Å². The normalized spacial score (nSPS) is 17.0. The maximum atomic E-state index is 12.8. The van der Waals surface area contributed by atoms with E-state index in [1.807, 2.05) is 164 Å². The minimum atomic E-state index is -4.09. The lowest BCUT2D eigenvalue weighted by Gasteiger charge is -2.15. The van der Waals surface area contributed by atoms with E-state index in [9.17, 15) is 16.8 Å². The molecule has 0 spiro atoms. The van der Waals surface area contributed by atoms with Gasteiger partial charge in [0.2, 0.25) is 17.9 Å². The Balaban J connectivity index is 0.000000143. The van der Waals surface area contributed by atoms with Crippen LogP contribution in [0, 0.1) is 22.1 Å². The van der Waals surface area contributed by atoms with Crippen LogP contribution in [0.4, 0.5) is 0 Å². The van der Waals surface area contributed by atoms with Crippen molar-refractivity contribution in [1.29, 1.82) is 16.1 Å². The molecule has 0 aliphatic carbocycles. The van der Waals surface area contributed by atoms with Crippen LogP contribution in [0.15, 0.2) is 306 Å². The number of sulfonamides is 2. The summed E-state index contributed by atoms with van der Waals surface area (Å²) < 4.78 is 58.5. The highest BCUT2D eigenvalue weighted by atomic mass is 35.5. The zero-order chi connectivity index (χ0) is 73.5. The van der Waals surface area contributed by atoms with E-state index in [2.05, 4.69) is 71.0 Å². The van der Waals surface area contributed by atoms with Gasteiger partial charge in [-0.2, -0.15) is 42.5 Å². The summed E-state index contributed by atoms with van der Waals surface area (Å²) >= 11 is 23.9. The van der Waals surface area contributed by atoms with Crippen molar-refractivity contribution in [1.82, 2.24) is 20.5 Å². The minimum absolute atomic E-state index is 0.0418. The van der Waals surface area contributed by atoms with Gasteiger partial charge in [-0.1, -0.05) is 216 Å². The van der Waals surface area contributed by atoms with E-state index in [0.29, 0.717) is 51.7 Å². The summed E-state index contributed by atoms with van der Waals surface area (Å²) in [6.07, 6.45) is 0. The fraction of sp³-hybridized carbons (Fsp3) is 0.104. The molecule has 4 heterocycles. The van der Waals surface area contributed by atoms with Gasteiger partial charge in [0.25, 0.3) is 20.0 Å². The Hall–Kier alpha value is -11.5. The molecule has 4 aliphatic rings.